The predicted molar refractivity (Wildman–Crippen MR) is 107 cm³/mol. The molecule has 5 nitrogen and oxygen atoms in total. The molecular formula is C20H18N4OS. The van der Waals surface area contributed by atoms with E-state index in [9.17, 15) is 5.11 Å². The fourth-order valence-electron chi connectivity index (χ4n) is 2.74. The van der Waals surface area contributed by atoms with Gasteiger partial charge in [-0.2, -0.15) is 4.98 Å². The number of phenolic OH excluding ortho intramolecular Hbond substituents is 1. The van der Waals surface area contributed by atoms with Crippen LogP contribution in [0, 0.1) is 0 Å². The first-order chi connectivity index (χ1) is 12.8. The lowest BCUT2D eigenvalue weighted by molar-refractivity contribution is 0.475. The highest BCUT2D eigenvalue weighted by Gasteiger charge is 2.08. The van der Waals surface area contributed by atoms with Crippen LogP contribution in [0.2, 0.25) is 0 Å². The van der Waals surface area contributed by atoms with Gasteiger partial charge in [-0.3, -0.25) is 0 Å². The van der Waals surface area contributed by atoms with Crippen LogP contribution in [0.25, 0.3) is 10.9 Å². The number of para-hydroxylation sites is 1. The summed E-state index contributed by atoms with van der Waals surface area (Å²) in [6.07, 6.45) is 0.950. The zero-order chi connectivity index (χ0) is 17.8. The van der Waals surface area contributed by atoms with Gasteiger partial charge in [0.25, 0.3) is 0 Å². The number of nitrogens with zero attached hydrogens (tertiary/aromatic N) is 2. The van der Waals surface area contributed by atoms with Crippen molar-refractivity contribution in [1.82, 2.24) is 9.97 Å². The molecule has 130 valence electrons. The van der Waals surface area contributed by atoms with Gasteiger partial charge in [0.15, 0.2) is 0 Å². The molecule has 4 aromatic rings. The first kappa shape index (κ1) is 16.4. The number of phenols is 1. The minimum absolute atomic E-state index is 0.199. The van der Waals surface area contributed by atoms with Crippen molar-refractivity contribution in [3.8, 4) is 5.75 Å². The second-order valence-electron chi connectivity index (χ2n) is 5.84. The Morgan fingerprint density at radius 1 is 0.962 bits per heavy atom. The van der Waals surface area contributed by atoms with Gasteiger partial charge < -0.3 is 15.7 Å². The monoisotopic (exact) mass is 362 g/mol. The van der Waals surface area contributed by atoms with E-state index in [2.05, 4.69) is 38.1 Å². The van der Waals surface area contributed by atoms with Crippen LogP contribution in [0.1, 0.15) is 4.88 Å². The Morgan fingerprint density at radius 2 is 1.88 bits per heavy atom. The van der Waals surface area contributed by atoms with Gasteiger partial charge in [0.2, 0.25) is 5.95 Å². The number of thiophene rings is 1. The van der Waals surface area contributed by atoms with Crippen LogP contribution in [0.3, 0.4) is 0 Å². The first-order valence-corrected chi connectivity index (χ1v) is 9.25. The van der Waals surface area contributed by atoms with Crippen LogP contribution in [0.5, 0.6) is 5.75 Å². The molecular weight excluding hydrogens is 344 g/mol. The SMILES string of the molecule is Oc1cccc(Nc2nc(NCCc3cccs3)c3ccccc3n2)c1. The third-order valence-corrected chi connectivity index (χ3v) is 4.89. The van der Waals surface area contributed by atoms with E-state index in [0.717, 1.165) is 35.4 Å². The average molecular weight is 362 g/mol. The molecule has 2 heterocycles. The van der Waals surface area contributed by atoms with Crippen LogP contribution in [-0.4, -0.2) is 21.6 Å². The summed E-state index contributed by atoms with van der Waals surface area (Å²) in [6, 6.07) is 19.0. The molecule has 0 unspecified atom stereocenters. The molecule has 4 rings (SSSR count). The average Bonchev–Trinajstić information content (AvgIpc) is 3.15. The van der Waals surface area contributed by atoms with Crippen molar-refractivity contribution in [3.63, 3.8) is 0 Å². The topological polar surface area (TPSA) is 70.1 Å². The number of anilines is 3. The van der Waals surface area contributed by atoms with E-state index in [1.54, 1.807) is 29.5 Å². The molecule has 0 saturated heterocycles. The van der Waals surface area contributed by atoms with E-state index >= 15 is 0 Å². The van der Waals surface area contributed by atoms with Crippen LogP contribution in [0.4, 0.5) is 17.5 Å². The lowest BCUT2D eigenvalue weighted by Gasteiger charge is -2.12. The van der Waals surface area contributed by atoms with Gasteiger partial charge in [0.05, 0.1) is 5.52 Å². The Balaban J connectivity index is 1.60. The number of benzene rings is 2. The number of aromatic nitrogens is 2. The van der Waals surface area contributed by atoms with Gasteiger partial charge >= 0.3 is 0 Å². The minimum atomic E-state index is 0.199. The molecule has 6 heteroatoms. The molecule has 0 saturated carbocycles. The Bertz CT molecular complexity index is 1020. The van der Waals surface area contributed by atoms with Gasteiger partial charge in [0, 0.05) is 28.6 Å². The number of fused-ring (bicyclic) bond motifs is 1. The number of nitrogens with one attached hydrogen (secondary N) is 2. The summed E-state index contributed by atoms with van der Waals surface area (Å²) in [5.41, 5.74) is 1.61. The highest BCUT2D eigenvalue weighted by atomic mass is 32.1. The van der Waals surface area contributed by atoms with Crippen LogP contribution in [-0.2, 0) is 6.42 Å². The number of rotatable bonds is 6. The molecule has 2 aromatic heterocycles. The fourth-order valence-corrected chi connectivity index (χ4v) is 3.45. The van der Waals surface area contributed by atoms with Crippen LogP contribution < -0.4 is 10.6 Å². The van der Waals surface area contributed by atoms with E-state index in [1.807, 2.05) is 30.3 Å². The van der Waals surface area contributed by atoms with Crippen molar-refractivity contribution < 1.29 is 5.11 Å². The molecule has 0 atom stereocenters. The predicted octanol–water partition coefficient (Wildman–Crippen LogP) is 4.80. The normalized spacial score (nSPS) is 10.8. The summed E-state index contributed by atoms with van der Waals surface area (Å²) < 4.78 is 0. The van der Waals surface area contributed by atoms with Crippen molar-refractivity contribution in [2.75, 3.05) is 17.2 Å². The molecule has 0 bridgehead atoms. The Labute approximate surface area is 155 Å². The third-order valence-electron chi connectivity index (χ3n) is 3.95. The van der Waals surface area contributed by atoms with Gasteiger partial charge in [0.1, 0.15) is 11.6 Å². The number of aromatic hydroxyl groups is 1. The Kier molecular flexibility index (Phi) is 4.66. The van der Waals surface area contributed by atoms with Crippen molar-refractivity contribution in [1.29, 1.82) is 0 Å². The van der Waals surface area contributed by atoms with Crippen molar-refractivity contribution in [3.05, 3.63) is 70.9 Å². The molecule has 0 spiro atoms. The summed E-state index contributed by atoms with van der Waals surface area (Å²) in [6.45, 7) is 0.799. The molecule has 0 aliphatic carbocycles. The Hall–Kier alpha value is -3.12. The molecule has 3 N–H and O–H groups in total. The molecule has 0 fully saturated rings. The highest BCUT2D eigenvalue weighted by Crippen LogP contribution is 2.25. The number of hydrogen-bond acceptors (Lipinski definition) is 6. The maximum absolute atomic E-state index is 9.63. The lowest BCUT2D eigenvalue weighted by atomic mass is 10.2. The van der Waals surface area contributed by atoms with E-state index in [1.165, 1.54) is 4.88 Å². The maximum atomic E-state index is 9.63. The van der Waals surface area contributed by atoms with Crippen LogP contribution in [0.15, 0.2) is 66.0 Å². The summed E-state index contributed by atoms with van der Waals surface area (Å²) in [7, 11) is 0. The number of hydrogen-bond donors (Lipinski definition) is 3. The molecule has 0 amide bonds. The summed E-state index contributed by atoms with van der Waals surface area (Å²) >= 11 is 1.76. The van der Waals surface area contributed by atoms with Gasteiger partial charge in [-0.25, -0.2) is 4.98 Å². The zero-order valence-electron chi connectivity index (χ0n) is 14.0. The van der Waals surface area contributed by atoms with Gasteiger partial charge in [-0.15, -0.1) is 11.3 Å². The third kappa shape index (κ3) is 3.75. The Morgan fingerprint density at radius 3 is 2.73 bits per heavy atom. The summed E-state index contributed by atoms with van der Waals surface area (Å²) in [5, 5.41) is 19.3. The molecule has 0 radical (unpaired) electrons. The van der Waals surface area contributed by atoms with Crippen LogP contribution >= 0.6 is 11.3 Å². The first-order valence-electron chi connectivity index (χ1n) is 8.37. The van der Waals surface area contributed by atoms with E-state index in [-0.39, 0.29) is 5.75 Å². The summed E-state index contributed by atoms with van der Waals surface area (Å²) in [4.78, 5) is 10.6. The second kappa shape index (κ2) is 7.41. The van der Waals surface area contributed by atoms with E-state index in [4.69, 9.17) is 0 Å². The molecule has 26 heavy (non-hydrogen) atoms. The van der Waals surface area contributed by atoms with Crippen molar-refractivity contribution in [2.45, 2.75) is 6.42 Å². The molecule has 2 aromatic carbocycles. The molecule has 0 aliphatic rings. The van der Waals surface area contributed by atoms with Gasteiger partial charge in [-0.05, 0) is 42.1 Å². The fraction of sp³-hybridized carbons (Fsp3) is 0.100. The largest absolute Gasteiger partial charge is 0.508 e. The maximum Gasteiger partial charge on any atom is 0.229 e. The lowest BCUT2D eigenvalue weighted by Crippen LogP contribution is -2.08. The molecule has 0 aliphatic heterocycles. The van der Waals surface area contributed by atoms with Crippen molar-refractivity contribution in [2.24, 2.45) is 0 Å². The zero-order valence-corrected chi connectivity index (χ0v) is 14.8. The van der Waals surface area contributed by atoms with Gasteiger partial charge in [-0.1, -0.05) is 24.3 Å². The smallest absolute Gasteiger partial charge is 0.229 e. The highest BCUT2D eigenvalue weighted by molar-refractivity contribution is 7.09. The van der Waals surface area contributed by atoms with Crippen molar-refractivity contribution >= 4 is 39.7 Å². The quantitative estimate of drug-likeness (QED) is 0.460. The minimum Gasteiger partial charge on any atom is -0.508 e. The van der Waals surface area contributed by atoms with E-state index < -0.39 is 0 Å². The van der Waals surface area contributed by atoms with E-state index in [0.29, 0.717) is 5.95 Å². The summed E-state index contributed by atoms with van der Waals surface area (Å²) in [5.74, 6) is 1.49. The standard InChI is InChI=1S/C20H18N4OS/c25-15-6-3-5-14(13-15)22-20-23-18-9-2-1-8-17(18)19(24-20)21-11-10-16-7-4-12-26-16/h1-9,12-13,25H,10-11H2,(H2,21,22,23,24). The second-order valence-corrected chi connectivity index (χ2v) is 6.88.